The molecule has 1 saturated heterocycles. The second-order valence-corrected chi connectivity index (χ2v) is 5.40. The van der Waals surface area contributed by atoms with E-state index in [1.165, 1.54) is 6.07 Å². The number of amides is 2. The van der Waals surface area contributed by atoms with Crippen LogP contribution in [0, 0.1) is 12.3 Å². The highest BCUT2D eigenvalue weighted by molar-refractivity contribution is 5.95. The number of primary amides is 1. The normalized spacial score (nSPS) is 22.5. The maximum absolute atomic E-state index is 12.3. The molecule has 1 aliphatic heterocycles. The number of phenols is 1. The molecule has 1 aromatic carbocycles. The molecule has 0 spiro atoms. The van der Waals surface area contributed by atoms with Crippen LogP contribution in [0.3, 0.4) is 0 Å². The summed E-state index contributed by atoms with van der Waals surface area (Å²) >= 11 is 0. The number of phenolic OH excluding ortho intramolecular Hbond substituents is 1. The van der Waals surface area contributed by atoms with Crippen molar-refractivity contribution in [3.8, 4) is 5.75 Å². The lowest BCUT2D eigenvalue weighted by Gasteiger charge is -2.21. The highest BCUT2D eigenvalue weighted by atomic mass is 16.3. The summed E-state index contributed by atoms with van der Waals surface area (Å²) in [6, 6.07) is 4.83. The fourth-order valence-electron chi connectivity index (χ4n) is 2.26. The minimum atomic E-state index is -0.650. The standard InChI is InChI=1S/C14H18N2O3/c1-9-3-4-10(7-11(9)17)12(18)16-6-5-14(2,8-16)13(15)19/h3-4,7,17H,5-6,8H2,1-2H3,(H2,15,19). The quantitative estimate of drug-likeness (QED) is 0.835. The van der Waals surface area contributed by atoms with Crippen molar-refractivity contribution in [3.05, 3.63) is 29.3 Å². The van der Waals surface area contributed by atoms with Crippen molar-refractivity contribution < 1.29 is 14.7 Å². The zero-order chi connectivity index (χ0) is 14.2. The van der Waals surface area contributed by atoms with Gasteiger partial charge in [-0.1, -0.05) is 6.07 Å². The second kappa shape index (κ2) is 4.57. The first kappa shape index (κ1) is 13.4. The Kier molecular flexibility index (Phi) is 3.22. The molecular weight excluding hydrogens is 244 g/mol. The van der Waals surface area contributed by atoms with Crippen molar-refractivity contribution in [1.82, 2.24) is 4.90 Å². The first-order valence-corrected chi connectivity index (χ1v) is 6.22. The number of carbonyl (C=O) groups excluding carboxylic acids is 2. The minimum absolute atomic E-state index is 0.0997. The third kappa shape index (κ3) is 2.41. The van der Waals surface area contributed by atoms with Crippen LogP contribution in [-0.2, 0) is 4.79 Å². The van der Waals surface area contributed by atoms with Crippen LogP contribution in [0.15, 0.2) is 18.2 Å². The Morgan fingerprint density at radius 1 is 1.42 bits per heavy atom. The van der Waals surface area contributed by atoms with Gasteiger partial charge in [-0.15, -0.1) is 0 Å². The van der Waals surface area contributed by atoms with E-state index in [-0.39, 0.29) is 17.6 Å². The van der Waals surface area contributed by atoms with Crippen molar-refractivity contribution in [3.63, 3.8) is 0 Å². The summed E-state index contributed by atoms with van der Waals surface area (Å²) in [4.78, 5) is 25.3. The Bertz CT molecular complexity index is 541. The van der Waals surface area contributed by atoms with Gasteiger partial charge < -0.3 is 15.7 Å². The van der Waals surface area contributed by atoms with Gasteiger partial charge in [0.05, 0.1) is 5.41 Å². The Morgan fingerprint density at radius 3 is 2.63 bits per heavy atom. The Hall–Kier alpha value is -2.04. The number of likely N-dealkylation sites (tertiary alicyclic amines) is 1. The van der Waals surface area contributed by atoms with Crippen LogP contribution in [0.4, 0.5) is 0 Å². The molecule has 0 aromatic heterocycles. The van der Waals surface area contributed by atoms with E-state index in [1.807, 2.05) is 0 Å². The molecule has 3 N–H and O–H groups in total. The van der Waals surface area contributed by atoms with Gasteiger partial charge in [-0.3, -0.25) is 9.59 Å². The van der Waals surface area contributed by atoms with Gasteiger partial charge in [-0.05, 0) is 38.0 Å². The molecule has 1 aliphatic rings. The summed E-state index contributed by atoms with van der Waals surface area (Å²) in [5, 5.41) is 9.64. The van der Waals surface area contributed by atoms with Crippen LogP contribution in [0.5, 0.6) is 5.75 Å². The monoisotopic (exact) mass is 262 g/mol. The molecular formula is C14H18N2O3. The molecule has 0 radical (unpaired) electrons. The lowest BCUT2D eigenvalue weighted by atomic mass is 9.89. The molecule has 2 amide bonds. The van der Waals surface area contributed by atoms with E-state index in [0.717, 1.165) is 5.56 Å². The second-order valence-electron chi connectivity index (χ2n) is 5.40. The SMILES string of the molecule is Cc1ccc(C(=O)N2CCC(C)(C(N)=O)C2)cc1O. The first-order valence-electron chi connectivity index (χ1n) is 6.22. The van der Waals surface area contributed by atoms with Crippen molar-refractivity contribution in [2.75, 3.05) is 13.1 Å². The Morgan fingerprint density at radius 2 is 2.11 bits per heavy atom. The average molecular weight is 262 g/mol. The molecule has 1 heterocycles. The van der Waals surface area contributed by atoms with Gasteiger partial charge in [0.1, 0.15) is 5.75 Å². The largest absolute Gasteiger partial charge is 0.508 e. The van der Waals surface area contributed by atoms with Crippen LogP contribution in [-0.4, -0.2) is 34.9 Å². The minimum Gasteiger partial charge on any atom is -0.508 e. The molecule has 0 saturated carbocycles. The third-order valence-corrected chi connectivity index (χ3v) is 3.81. The lowest BCUT2D eigenvalue weighted by molar-refractivity contribution is -0.126. The van der Waals surface area contributed by atoms with Gasteiger partial charge >= 0.3 is 0 Å². The zero-order valence-electron chi connectivity index (χ0n) is 11.1. The first-order chi connectivity index (χ1) is 8.83. The smallest absolute Gasteiger partial charge is 0.254 e. The maximum Gasteiger partial charge on any atom is 0.254 e. The molecule has 0 bridgehead atoms. The summed E-state index contributed by atoms with van der Waals surface area (Å²) in [5.41, 5.74) is 5.86. The number of rotatable bonds is 2. The van der Waals surface area contributed by atoms with Gasteiger partial charge in [0, 0.05) is 18.7 Å². The van der Waals surface area contributed by atoms with Crippen molar-refractivity contribution >= 4 is 11.8 Å². The molecule has 1 aromatic rings. The number of benzene rings is 1. The molecule has 1 unspecified atom stereocenters. The van der Waals surface area contributed by atoms with Gasteiger partial charge in [-0.2, -0.15) is 0 Å². The zero-order valence-corrected chi connectivity index (χ0v) is 11.1. The van der Waals surface area contributed by atoms with Gasteiger partial charge in [-0.25, -0.2) is 0 Å². The van der Waals surface area contributed by atoms with E-state index in [0.29, 0.717) is 25.1 Å². The molecule has 5 nitrogen and oxygen atoms in total. The van der Waals surface area contributed by atoms with Crippen molar-refractivity contribution in [1.29, 1.82) is 0 Å². The topological polar surface area (TPSA) is 83.6 Å². The number of hydrogen-bond acceptors (Lipinski definition) is 3. The van der Waals surface area contributed by atoms with Crippen LogP contribution >= 0.6 is 0 Å². The Balaban J connectivity index is 2.18. The molecule has 2 rings (SSSR count). The number of nitrogens with zero attached hydrogens (tertiary/aromatic N) is 1. The van der Waals surface area contributed by atoms with Crippen LogP contribution in [0.25, 0.3) is 0 Å². The summed E-state index contributed by atoms with van der Waals surface area (Å²) < 4.78 is 0. The fraction of sp³-hybridized carbons (Fsp3) is 0.429. The summed E-state index contributed by atoms with van der Waals surface area (Å²) in [7, 11) is 0. The number of carbonyl (C=O) groups is 2. The highest BCUT2D eigenvalue weighted by Gasteiger charge is 2.40. The molecule has 5 heteroatoms. The predicted molar refractivity (Wildman–Crippen MR) is 70.7 cm³/mol. The number of hydrogen-bond donors (Lipinski definition) is 2. The molecule has 19 heavy (non-hydrogen) atoms. The third-order valence-electron chi connectivity index (χ3n) is 3.81. The summed E-state index contributed by atoms with van der Waals surface area (Å²) in [6.45, 7) is 4.38. The number of aryl methyl sites for hydroxylation is 1. The van der Waals surface area contributed by atoms with E-state index >= 15 is 0 Å². The number of nitrogens with two attached hydrogens (primary N) is 1. The Labute approximate surface area is 112 Å². The average Bonchev–Trinajstić information content (AvgIpc) is 2.76. The number of aromatic hydroxyl groups is 1. The van der Waals surface area contributed by atoms with E-state index < -0.39 is 5.41 Å². The van der Waals surface area contributed by atoms with E-state index in [1.54, 1.807) is 30.9 Å². The summed E-state index contributed by atoms with van der Waals surface area (Å²) in [6.07, 6.45) is 0.575. The van der Waals surface area contributed by atoms with Gasteiger partial charge in [0.25, 0.3) is 5.91 Å². The highest BCUT2D eigenvalue weighted by Crippen LogP contribution is 2.30. The van der Waals surface area contributed by atoms with Crippen molar-refractivity contribution in [2.45, 2.75) is 20.3 Å². The molecule has 1 atom stereocenters. The summed E-state index contributed by atoms with van der Waals surface area (Å²) in [5.74, 6) is -0.461. The molecule has 1 fully saturated rings. The van der Waals surface area contributed by atoms with E-state index in [2.05, 4.69) is 0 Å². The molecule has 0 aliphatic carbocycles. The van der Waals surface area contributed by atoms with E-state index in [4.69, 9.17) is 5.73 Å². The van der Waals surface area contributed by atoms with Crippen molar-refractivity contribution in [2.24, 2.45) is 11.1 Å². The van der Waals surface area contributed by atoms with Crippen LogP contribution in [0.1, 0.15) is 29.3 Å². The van der Waals surface area contributed by atoms with Gasteiger partial charge in [0.15, 0.2) is 0 Å². The van der Waals surface area contributed by atoms with Gasteiger partial charge in [0.2, 0.25) is 5.91 Å². The van der Waals surface area contributed by atoms with Crippen LogP contribution in [0.2, 0.25) is 0 Å². The fourth-order valence-corrected chi connectivity index (χ4v) is 2.26. The van der Waals surface area contributed by atoms with E-state index in [9.17, 15) is 14.7 Å². The molecule has 102 valence electrons. The maximum atomic E-state index is 12.3. The lowest BCUT2D eigenvalue weighted by Crippen LogP contribution is -2.38. The predicted octanol–water partition coefficient (Wildman–Crippen LogP) is 1.04. The van der Waals surface area contributed by atoms with Crippen LogP contribution < -0.4 is 5.73 Å².